The van der Waals surface area contributed by atoms with Crippen molar-refractivity contribution in [3.8, 4) is 0 Å². The van der Waals surface area contributed by atoms with E-state index in [4.69, 9.17) is 14.0 Å². The molecule has 0 aromatic carbocycles. The summed E-state index contributed by atoms with van der Waals surface area (Å²) in [4.78, 5) is 6.51. The Morgan fingerprint density at radius 1 is 1.24 bits per heavy atom. The van der Waals surface area contributed by atoms with Gasteiger partial charge in [0, 0.05) is 25.9 Å². The highest BCUT2D eigenvalue weighted by molar-refractivity contribution is 4.87. The van der Waals surface area contributed by atoms with E-state index < -0.39 is 0 Å². The van der Waals surface area contributed by atoms with Crippen LogP contribution < -0.4 is 0 Å². The number of aryl methyl sites for hydroxylation is 1. The average Bonchev–Trinajstić information content (AvgIpc) is 2.93. The van der Waals surface area contributed by atoms with Crippen LogP contribution in [0.3, 0.4) is 0 Å². The van der Waals surface area contributed by atoms with E-state index in [0.717, 1.165) is 45.7 Å². The number of likely N-dealkylation sites (tertiary alicyclic amines) is 1. The summed E-state index contributed by atoms with van der Waals surface area (Å²) in [6, 6.07) is 0. The average molecular weight is 239 g/mol. The van der Waals surface area contributed by atoms with Crippen molar-refractivity contribution in [1.29, 1.82) is 0 Å². The monoisotopic (exact) mass is 239 g/mol. The summed E-state index contributed by atoms with van der Waals surface area (Å²) >= 11 is 0. The molecule has 0 radical (unpaired) electrons. The smallest absolute Gasteiger partial charge is 0.240 e. The summed E-state index contributed by atoms with van der Waals surface area (Å²) in [6.45, 7) is 5.89. The van der Waals surface area contributed by atoms with Crippen molar-refractivity contribution in [2.45, 2.75) is 32.1 Å². The number of hydrogen-bond donors (Lipinski definition) is 0. The van der Waals surface area contributed by atoms with Crippen LogP contribution in [0.25, 0.3) is 0 Å². The number of piperidine rings is 1. The zero-order valence-corrected chi connectivity index (χ0v) is 10.0. The number of hydrogen-bond acceptors (Lipinski definition) is 6. The Balaban J connectivity index is 1.54. The molecule has 2 fully saturated rings. The lowest BCUT2D eigenvalue weighted by atomic mass is 10.0. The number of nitrogens with zero attached hydrogens (tertiary/aromatic N) is 3. The highest BCUT2D eigenvalue weighted by Crippen LogP contribution is 2.31. The van der Waals surface area contributed by atoms with Crippen LogP contribution in [-0.2, 0) is 16.0 Å². The summed E-state index contributed by atoms with van der Waals surface area (Å²) in [6.07, 6.45) is 1.83. The second-order valence-corrected chi connectivity index (χ2v) is 4.62. The molecule has 0 atom stereocenters. The van der Waals surface area contributed by atoms with E-state index in [-0.39, 0.29) is 5.79 Å². The molecule has 17 heavy (non-hydrogen) atoms. The summed E-state index contributed by atoms with van der Waals surface area (Å²) < 4.78 is 16.5. The minimum absolute atomic E-state index is 0.304. The number of ether oxygens (including phenoxy) is 2. The highest BCUT2D eigenvalue weighted by Gasteiger charge is 2.39. The van der Waals surface area contributed by atoms with Crippen LogP contribution in [-0.4, -0.2) is 47.1 Å². The third-order valence-electron chi connectivity index (χ3n) is 3.36. The molecule has 0 amide bonds. The quantitative estimate of drug-likeness (QED) is 0.757. The zero-order valence-electron chi connectivity index (χ0n) is 10.0. The molecular weight excluding hydrogens is 222 g/mol. The predicted octanol–water partition coefficient (Wildman–Crippen LogP) is 0.717. The van der Waals surface area contributed by atoms with Gasteiger partial charge in [-0.05, 0) is 6.92 Å². The lowest BCUT2D eigenvalue weighted by Crippen LogP contribution is -2.44. The summed E-state index contributed by atoms with van der Waals surface area (Å²) in [5.41, 5.74) is 0. The largest absolute Gasteiger partial charge is 0.347 e. The van der Waals surface area contributed by atoms with E-state index in [0.29, 0.717) is 11.7 Å². The van der Waals surface area contributed by atoms with E-state index in [1.54, 1.807) is 0 Å². The van der Waals surface area contributed by atoms with Crippen molar-refractivity contribution in [3.63, 3.8) is 0 Å². The maximum Gasteiger partial charge on any atom is 0.240 e. The van der Waals surface area contributed by atoms with E-state index in [2.05, 4.69) is 15.0 Å². The van der Waals surface area contributed by atoms with Crippen molar-refractivity contribution >= 4 is 0 Å². The van der Waals surface area contributed by atoms with Crippen LogP contribution in [0, 0.1) is 6.92 Å². The van der Waals surface area contributed by atoms with Gasteiger partial charge in [0.05, 0.1) is 19.8 Å². The third kappa shape index (κ3) is 2.34. The first-order chi connectivity index (χ1) is 8.26. The van der Waals surface area contributed by atoms with Crippen LogP contribution in [0.4, 0.5) is 0 Å². The molecule has 0 N–H and O–H groups in total. The predicted molar refractivity (Wildman–Crippen MR) is 58.2 cm³/mol. The first-order valence-electron chi connectivity index (χ1n) is 6.05. The van der Waals surface area contributed by atoms with Gasteiger partial charge in [0.1, 0.15) is 0 Å². The van der Waals surface area contributed by atoms with Gasteiger partial charge in [-0.3, -0.25) is 4.90 Å². The lowest BCUT2D eigenvalue weighted by Gasteiger charge is -2.36. The van der Waals surface area contributed by atoms with Crippen molar-refractivity contribution < 1.29 is 14.0 Å². The fourth-order valence-corrected chi connectivity index (χ4v) is 2.43. The minimum atomic E-state index is -0.304. The van der Waals surface area contributed by atoms with Crippen LogP contribution in [0.15, 0.2) is 4.52 Å². The van der Waals surface area contributed by atoms with Crippen molar-refractivity contribution in [2.75, 3.05) is 26.3 Å². The molecule has 94 valence electrons. The molecule has 0 unspecified atom stereocenters. The minimum Gasteiger partial charge on any atom is -0.347 e. The molecule has 1 aromatic heterocycles. The fourth-order valence-electron chi connectivity index (χ4n) is 2.43. The Kier molecular flexibility index (Phi) is 2.85. The van der Waals surface area contributed by atoms with Crippen LogP contribution in [0.2, 0.25) is 0 Å². The third-order valence-corrected chi connectivity index (χ3v) is 3.36. The van der Waals surface area contributed by atoms with Crippen molar-refractivity contribution in [3.05, 3.63) is 11.7 Å². The molecule has 1 spiro atoms. The number of aromatic nitrogens is 2. The second-order valence-electron chi connectivity index (χ2n) is 4.62. The van der Waals surface area contributed by atoms with Crippen LogP contribution in [0.1, 0.15) is 24.6 Å². The lowest BCUT2D eigenvalue weighted by molar-refractivity contribution is -0.186. The molecule has 6 nitrogen and oxygen atoms in total. The van der Waals surface area contributed by atoms with Gasteiger partial charge < -0.3 is 14.0 Å². The Morgan fingerprint density at radius 3 is 2.53 bits per heavy atom. The van der Waals surface area contributed by atoms with E-state index in [9.17, 15) is 0 Å². The summed E-state index contributed by atoms with van der Waals surface area (Å²) in [5.74, 6) is 1.07. The van der Waals surface area contributed by atoms with Gasteiger partial charge in [0.2, 0.25) is 5.89 Å². The van der Waals surface area contributed by atoms with Gasteiger partial charge in [-0.2, -0.15) is 4.98 Å². The topological polar surface area (TPSA) is 60.6 Å². The van der Waals surface area contributed by atoms with Gasteiger partial charge in [-0.25, -0.2) is 0 Å². The molecule has 2 saturated heterocycles. The fraction of sp³-hybridized carbons (Fsp3) is 0.818. The van der Waals surface area contributed by atoms with E-state index in [1.165, 1.54) is 0 Å². The Labute approximate surface area is 99.9 Å². The van der Waals surface area contributed by atoms with Gasteiger partial charge in [-0.1, -0.05) is 5.16 Å². The Morgan fingerprint density at radius 2 is 1.94 bits per heavy atom. The second kappa shape index (κ2) is 4.36. The van der Waals surface area contributed by atoms with Crippen LogP contribution in [0.5, 0.6) is 0 Å². The van der Waals surface area contributed by atoms with Gasteiger partial charge in [0.15, 0.2) is 11.6 Å². The highest BCUT2D eigenvalue weighted by atomic mass is 16.7. The molecular formula is C11H17N3O3. The van der Waals surface area contributed by atoms with Gasteiger partial charge in [0.25, 0.3) is 0 Å². The summed E-state index contributed by atoms with van der Waals surface area (Å²) in [5, 5.41) is 3.79. The maximum atomic E-state index is 5.68. The van der Waals surface area contributed by atoms with E-state index >= 15 is 0 Å². The Bertz CT molecular complexity index is 377. The first kappa shape index (κ1) is 11.1. The molecule has 1 aromatic rings. The van der Waals surface area contributed by atoms with Gasteiger partial charge >= 0.3 is 0 Å². The molecule has 2 aliphatic rings. The molecule has 3 heterocycles. The molecule has 0 saturated carbocycles. The maximum absolute atomic E-state index is 5.68. The molecule has 2 aliphatic heterocycles. The Hall–Kier alpha value is -0.980. The number of rotatable bonds is 2. The molecule has 3 rings (SSSR count). The molecule has 0 aliphatic carbocycles. The first-order valence-corrected chi connectivity index (χ1v) is 6.05. The summed E-state index contributed by atoms with van der Waals surface area (Å²) in [7, 11) is 0. The normalized spacial score (nSPS) is 24.5. The molecule has 0 bridgehead atoms. The SMILES string of the molecule is Cc1noc(CN2CCC3(CC2)OCCO3)n1. The van der Waals surface area contributed by atoms with Crippen LogP contribution >= 0.6 is 0 Å². The van der Waals surface area contributed by atoms with Crippen molar-refractivity contribution in [2.24, 2.45) is 0 Å². The zero-order chi connectivity index (χ0) is 11.7. The standard InChI is InChI=1S/C11H17N3O3/c1-9-12-10(17-13-9)8-14-4-2-11(3-5-14)15-6-7-16-11/h2-8H2,1H3. The van der Waals surface area contributed by atoms with Crippen molar-refractivity contribution in [1.82, 2.24) is 15.0 Å². The van der Waals surface area contributed by atoms with E-state index in [1.807, 2.05) is 6.92 Å². The van der Waals surface area contributed by atoms with Gasteiger partial charge in [-0.15, -0.1) is 0 Å². The molecule has 6 heteroatoms.